The van der Waals surface area contributed by atoms with Crippen LogP contribution >= 0.6 is 23.2 Å². The van der Waals surface area contributed by atoms with Crippen molar-refractivity contribution >= 4 is 40.8 Å². The van der Waals surface area contributed by atoms with Crippen LogP contribution in [0.1, 0.15) is 27.0 Å². The van der Waals surface area contributed by atoms with Gasteiger partial charge in [-0.05, 0) is 52.6 Å². The van der Waals surface area contributed by atoms with E-state index in [1.165, 1.54) is 19.2 Å². The van der Waals surface area contributed by atoms with Crippen molar-refractivity contribution in [1.82, 2.24) is 0 Å². The van der Waals surface area contributed by atoms with E-state index >= 15 is 0 Å². The molecule has 3 aromatic carbocycles. The molecule has 5 nitrogen and oxygen atoms in total. The molecule has 0 bridgehead atoms. The van der Waals surface area contributed by atoms with Crippen LogP contribution in [0.2, 0.25) is 10.0 Å². The minimum Gasteiger partial charge on any atom is -0.545 e. The predicted octanol–water partition coefficient (Wildman–Crippen LogP) is 5.01. The first-order valence-corrected chi connectivity index (χ1v) is 9.85. The van der Waals surface area contributed by atoms with E-state index in [0.717, 1.165) is 11.1 Å². The topological polar surface area (TPSA) is 82.4 Å². The molecule has 7 heteroatoms. The molecule has 0 aliphatic carbocycles. The standard InChI is InChI=1S/C24H17Cl2NO4/c1-30-23-12-15(10-19(13-27)17-4-6-18(7-5-17)24(28)29)3-9-22(23)31-14-16-2-8-20(25)21(26)11-16/h2-12H,14H2,1H3,(H,28,29)/p-1/b19-10+. The summed E-state index contributed by atoms with van der Waals surface area (Å²) in [5.74, 6) is -0.240. The van der Waals surface area contributed by atoms with E-state index in [1.807, 2.05) is 6.07 Å². The van der Waals surface area contributed by atoms with E-state index in [0.29, 0.717) is 32.7 Å². The van der Waals surface area contributed by atoms with Gasteiger partial charge in [-0.1, -0.05) is 59.6 Å². The van der Waals surface area contributed by atoms with Crippen molar-refractivity contribution in [2.45, 2.75) is 6.61 Å². The highest BCUT2D eigenvalue weighted by atomic mass is 35.5. The van der Waals surface area contributed by atoms with Crippen LogP contribution in [0.25, 0.3) is 11.6 Å². The summed E-state index contributed by atoms with van der Waals surface area (Å²) in [7, 11) is 1.53. The molecule has 156 valence electrons. The van der Waals surface area contributed by atoms with Gasteiger partial charge in [-0.25, -0.2) is 0 Å². The third-order valence-electron chi connectivity index (χ3n) is 4.43. The summed E-state index contributed by atoms with van der Waals surface area (Å²) < 4.78 is 11.3. The highest BCUT2D eigenvalue weighted by Gasteiger charge is 2.08. The smallest absolute Gasteiger partial charge is 0.161 e. The van der Waals surface area contributed by atoms with Crippen LogP contribution in [0.3, 0.4) is 0 Å². The molecule has 0 aromatic heterocycles. The van der Waals surface area contributed by atoms with Crippen LogP contribution in [0.4, 0.5) is 0 Å². The van der Waals surface area contributed by atoms with E-state index in [2.05, 4.69) is 6.07 Å². The number of ether oxygens (including phenoxy) is 2. The summed E-state index contributed by atoms with van der Waals surface area (Å²) in [6.45, 7) is 0.274. The van der Waals surface area contributed by atoms with Crippen molar-refractivity contribution in [1.29, 1.82) is 5.26 Å². The fraction of sp³-hybridized carbons (Fsp3) is 0.0833. The van der Waals surface area contributed by atoms with Gasteiger partial charge in [-0.15, -0.1) is 0 Å². The van der Waals surface area contributed by atoms with Gasteiger partial charge in [0.25, 0.3) is 0 Å². The lowest BCUT2D eigenvalue weighted by atomic mass is 10.0. The molecule has 0 aliphatic heterocycles. The van der Waals surface area contributed by atoms with Crippen molar-refractivity contribution in [3.05, 3.63) is 93.0 Å². The van der Waals surface area contributed by atoms with Crippen molar-refractivity contribution in [3.63, 3.8) is 0 Å². The maximum Gasteiger partial charge on any atom is 0.161 e. The van der Waals surface area contributed by atoms with Crippen LogP contribution in [-0.2, 0) is 6.61 Å². The second-order valence-corrected chi connectivity index (χ2v) is 7.30. The summed E-state index contributed by atoms with van der Waals surface area (Å²) in [4.78, 5) is 10.9. The number of carbonyl (C=O) groups excluding carboxylic acids is 1. The van der Waals surface area contributed by atoms with Gasteiger partial charge < -0.3 is 19.4 Å². The van der Waals surface area contributed by atoms with E-state index in [4.69, 9.17) is 32.7 Å². The SMILES string of the molecule is COc1cc(/C=C(\C#N)c2ccc(C(=O)[O-])cc2)ccc1OCc1ccc(Cl)c(Cl)c1. The Morgan fingerprint density at radius 2 is 1.71 bits per heavy atom. The number of hydrogen-bond acceptors (Lipinski definition) is 5. The van der Waals surface area contributed by atoms with Gasteiger partial charge in [0, 0.05) is 0 Å². The van der Waals surface area contributed by atoms with Gasteiger partial charge in [0.1, 0.15) is 6.61 Å². The minimum absolute atomic E-state index is 0.0474. The molecule has 0 N–H and O–H groups in total. The van der Waals surface area contributed by atoms with Gasteiger partial charge in [0.05, 0.1) is 34.8 Å². The Bertz CT molecular complexity index is 1180. The Hall–Kier alpha value is -3.46. The number of methoxy groups -OCH3 is 1. The Kier molecular flexibility index (Phi) is 7.19. The second kappa shape index (κ2) is 10.0. The molecule has 0 fully saturated rings. The monoisotopic (exact) mass is 452 g/mol. The number of nitrogens with zero attached hydrogens (tertiary/aromatic N) is 1. The molecule has 0 heterocycles. The number of benzene rings is 3. The predicted molar refractivity (Wildman–Crippen MR) is 118 cm³/mol. The van der Waals surface area contributed by atoms with Crippen LogP contribution in [-0.4, -0.2) is 13.1 Å². The lowest BCUT2D eigenvalue weighted by Gasteiger charge is -2.12. The van der Waals surface area contributed by atoms with Crippen LogP contribution in [0.5, 0.6) is 11.5 Å². The number of carboxylic acids is 1. The Labute approximate surface area is 189 Å². The number of halogens is 2. The summed E-state index contributed by atoms with van der Waals surface area (Å²) >= 11 is 12.0. The van der Waals surface area contributed by atoms with Gasteiger partial charge in [0.15, 0.2) is 11.5 Å². The number of carboxylic acid groups (broad SMARTS) is 1. The van der Waals surface area contributed by atoms with Gasteiger partial charge in [-0.2, -0.15) is 5.26 Å². The van der Waals surface area contributed by atoms with Crippen molar-refractivity contribution < 1.29 is 19.4 Å². The molecule has 0 aliphatic rings. The summed E-state index contributed by atoms with van der Waals surface area (Å²) in [5.41, 5.74) is 2.58. The van der Waals surface area contributed by atoms with E-state index in [-0.39, 0.29) is 12.2 Å². The zero-order valence-corrected chi connectivity index (χ0v) is 17.9. The molecule has 3 aromatic rings. The molecule has 0 atom stereocenters. The first-order valence-electron chi connectivity index (χ1n) is 9.09. The third-order valence-corrected chi connectivity index (χ3v) is 5.17. The maximum absolute atomic E-state index is 10.9. The first-order chi connectivity index (χ1) is 14.9. The van der Waals surface area contributed by atoms with Gasteiger partial charge in [0.2, 0.25) is 0 Å². The van der Waals surface area contributed by atoms with Gasteiger partial charge in [-0.3, -0.25) is 0 Å². The molecular weight excluding hydrogens is 437 g/mol. The van der Waals surface area contributed by atoms with Gasteiger partial charge >= 0.3 is 0 Å². The zero-order chi connectivity index (χ0) is 22.4. The number of aromatic carboxylic acids is 1. The number of nitriles is 1. The number of carbonyl (C=O) groups is 1. The molecule has 0 amide bonds. The lowest BCUT2D eigenvalue weighted by Crippen LogP contribution is -2.21. The van der Waals surface area contributed by atoms with Crippen molar-refractivity contribution in [2.75, 3.05) is 7.11 Å². The summed E-state index contributed by atoms with van der Waals surface area (Å²) in [5, 5.41) is 21.3. The van der Waals surface area contributed by atoms with Crippen molar-refractivity contribution in [3.8, 4) is 17.6 Å². The summed E-state index contributed by atoms with van der Waals surface area (Å²) in [6.07, 6.45) is 1.68. The van der Waals surface area contributed by atoms with E-state index in [9.17, 15) is 15.2 Å². The quantitative estimate of drug-likeness (QED) is 0.371. The minimum atomic E-state index is -1.27. The highest BCUT2D eigenvalue weighted by Crippen LogP contribution is 2.31. The average Bonchev–Trinajstić information content (AvgIpc) is 2.78. The number of hydrogen-bond donors (Lipinski definition) is 0. The number of allylic oxidation sites excluding steroid dienone is 1. The van der Waals surface area contributed by atoms with E-state index < -0.39 is 5.97 Å². The Morgan fingerprint density at radius 1 is 1.00 bits per heavy atom. The fourth-order valence-electron chi connectivity index (χ4n) is 2.82. The zero-order valence-electron chi connectivity index (χ0n) is 16.4. The summed E-state index contributed by atoms with van der Waals surface area (Å²) in [6, 6.07) is 18.6. The molecular formula is C24H16Cl2NO4-. The largest absolute Gasteiger partial charge is 0.545 e. The second-order valence-electron chi connectivity index (χ2n) is 6.48. The fourth-order valence-corrected chi connectivity index (χ4v) is 3.14. The average molecular weight is 453 g/mol. The molecule has 0 saturated carbocycles. The molecule has 0 radical (unpaired) electrons. The van der Waals surface area contributed by atoms with Crippen molar-refractivity contribution in [2.24, 2.45) is 0 Å². The molecule has 0 spiro atoms. The van der Waals surface area contributed by atoms with Crippen LogP contribution in [0.15, 0.2) is 60.7 Å². The Morgan fingerprint density at radius 3 is 2.32 bits per heavy atom. The normalized spacial score (nSPS) is 11.0. The molecule has 3 rings (SSSR count). The number of rotatable bonds is 7. The lowest BCUT2D eigenvalue weighted by molar-refractivity contribution is -0.255. The Balaban J connectivity index is 1.81. The van der Waals surface area contributed by atoms with E-state index in [1.54, 1.807) is 48.5 Å². The maximum atomic E-state index is 10.9. The van der Waals surface area contributed by atoms with Crippen LogP contribution < -0.4 is 14.6 Å². The third kappa shape index (κ3) is 5.58. The molecule has 0 unspecified atom stereocenters. The van der Waals surface area contributed by atoms with Crippen LogP contribution in [0, 0.1) is 11.3 Å². The first kappa shape index (κ1) is 22.2. The highest BCUT2D eigenvalue weighted by molar-refractivity contribution is 6.42. The molecule has 0 saturated heterocycles. The molecule has 31 heavy (non-hydrogen) atoms.